The SMILES string of the molecule is CCCC[N+](CCCC)(CCCC)CCCC.[CH3]. The average molecular weight is 258 g/mol. The molecule has 111 valence electrons. The van der Waals surface area contributed by atoms with E-state index in [0.29, 0.717) is 0 Å². The largest absolute Gasteiger partial charge is 0.324 e. The van der Waals surface area contributed by atoms with Gasteiger partial charge >= 0.3 is 0 Å². The lowest BCUT2D eigenvalue weighted by Crippen LogP contribution is -2.50. The van der Waals surface area contributed by atoms with Crippen molar-refractivity contribution in [2.45, 2.75) is 79.1 Å². The fourth-order valence-corrected chi connectivity index (χ4v) is 2.64. The summed E-state index contributed by atoms with van der Waals surface area (Å²) in [6.45, 7) is 15.0. The van der Waals surface area contributed by atoms with Crippen LogP contribution >= 0.6 is 0 Å². The molecule has 1 radical (unpaired) electrons. The Morgan fingerprint density at radius 1 is 0.500 bits per heavy atom. The molecule has 0 saturated carbocycles. The van der Waals surface area contributed by atoms with Gasteiger partial charge in [0.15, 0.2) is 0 Å². The summed E-state index contributed by atoms with van der Waals surface area (Å²) < 4.78 is 1.42. The second-order valence-electron chi connectivity index (χ2n) is 5.65. The van der Waals surface area contributed by atoms with Gasteiger partial charge < -0.3 is 4.48 Å². The van der Waals surface area contributed by atoms with Gasteiger partial charge in [0.1, 0.15) is 0 Å². The molecule has 0 aromatic heterocycles. The van der Waals surface area contributed by atoms with E-state index < -0.39 is 0 Å². The Hall–Kier alpha value is -0.0400. The molecule has 0 spiro atoms. The van der Waals surface area contributed by atoms with Crippen molar-refractivity contribution < 1.29 is 4.48 Å². The number of quaternary nitrogens is 1. The van der Waals surface area contributed by atoms with Crippen LogP contribution in [0.3, 0.4) is 0 Å². The van der Waals surface area contributed by atoms with Crippen molar-refractivity contribution in [3.05, 3.63) is 7.43 Å². The molecule has 0 amide bonds. The summed E-state index contributed by atoms with van der Waals surface area (Å²) in [7, 11) is 0. The van der Waals surface area contributed by atoms with Crippen molar-refractivity contribution in [3.63, 3.8) is 0 Å². The van der Waals surface area contributed by atoms with E-state index in [4.69, 9.17) is 0 Å². The van der Waals surface area contributed by atoms with Gasteiger partial charge in [0.05, 0.1) is 26.2 Å². The molecule has 0 saturated heterocycles. The Morgan fingerprint density at radius 3 is 0.889 bits per heavy atom. The molecule has 0 atom stereocenters. The second kappa shape index (κ2) is 13.4. The summed E-state index contributed by atoms with van der Waals surface area (Å²) in [5.74, 6) is 0. The third-order valence-corrected chi connectivity index (χ3v) is 3.94. The normalized spacial score (nSPS) is 11.3. The predicted octanol–water partition coefficient (Wildman–Crippen LogP) is 5.45. The van der Waals surface area contributed by atoms with Gasteiger partial charge in [-0.15, -0.1) is 0 Å². The van der Waals surface area contributed by atoms with Crippen LogP contribution in [-0.2, 0) is 0 Å². The summed E-state index contributed by atoms with van der Waals surface area (Å²) in [4.78, 5) is 0. The molecule has 1 heteroatoms. The third kappa shape index (κ3) is 8.97. The van der Waals surface area contributed by atoms with Gasteiger partial charge in [-0.1, -0.05) is 60.8 Å². The van der Waals surface area contributed by atoms with Crippen LogP contribution < -0.4 is 0 Å². The number of hydrogen-bond acceptors (Lipinski definition) is 0. The van der Waals surface area contributed by atoms with Crippen LogP contribution in [0.1, 0.15) is 79.1 Å². The fraction of sp³-hybridized carbons (Fsp3) is 0.941. The van der Waals surface area contributed by atoms with Crippen LogP contribution in [0.5, 0.6) is 0 Å². The molecule has 0 N–H and O–H groups in total. The Labute approximate surface area is 118 Å². The second-order valence-corrected chi connectivity index (χ2v) is 5.65. The van der Waals surface area contributed by atoms with Crippen molar-refractivity contribution in [2.24, 2.45) is 0 Å². The van der Waals surface area contributed by atoms with Gasteiger partial charge in [0.25, 0.3) is 0 Å². The first-order chi connectivity index (χ1) is 8.24. The van der Waals surface area contributed by atoms with E-state index in [1.165, 1.54) is 82.0 Å². The Morgan fingerprint density at radius 2 is 0.722 bits per heavy atom. The van der Waals surface area contributed by atoms with Crippen LogP contribution in [0, 0.1) is 7.43 Å². The minimum atomic E-state index is 0. The summed E-state index contributed by atoms with van der Waals surface area (Å²) >= 11 is 0. The molecule has 0 rings (SSSR count). The molecule has 0 aliphatic carbocycles. The topological polar surface area (TPSA) is 0 Å². The standard InChI is InChI=1S/C16H36N.CH3/c1-5-9-13-17(14-10-6-2,15-11-7-3)16-12-8-4;/h5-16H2,1-4H3;1H3/q+1;. The van der Waals surface area contributed by atoms with E-state index in [-0.39, 0.29) is 7.43 Å². The van der Waals surface area contributed by atoms with E-state index in [1.807, 2.05) is 0 Å². The molecule has 0 heterocycles. The maximum Gasteiger partial charge on any atom is 0.0786 e. The number of hydrogen-bond donors (Lipinski definition) is 0. The van der Waals surface area contributed by atoms with Gasteiger partial charge in [-0.25, -0.2) is 0 Å². The van der Waals surface area contributed by atoms with Gasteiger partial charge in [0.2, 0.25) is 0 Å². The third-order valence-electron chi connectivity index (χ3n) is 3.94. The van der Waals surface area contributed by atoms with Gasteiger partial charge in [0, 0.05) is 0 Å². The van der Waals surface area contributed by atoms with Crippen molar-refractivity contribution in [2.75, 3.05) is 26.2 Å². The van der Waals surface area contributed by atoms with E-state index in [0.717, 1.165) is 0 Å². The smallest absolute Gasteiger partial charge is 0.0786 e. The minimum Gasteiger partial charge on any atom is -0.324 e. The Bertz CT molecular complexity index is 116. The molecular formula is C17H39N+. The minimum absolute atomic E-state index is 0. The van der Waals surface area contributed by atoms with E-state index in [2.05, 4.69) is 27.7 Å². The molecule has 18 heavy (non-hydrogen) atoms. The first-order valence-electron chi connectivity index (χ1n) is 8.09. The lowest BCUT2D eigenvalue weighted by atomic mass is 10.1. The first kappa shape index (κ1) is 20.3. The number of unbranched alkanes of at least 4 members (excludes halogenated alkanes) is 4. The Kier molecular flexibility index (Phi) is 15.1. The molecule has 0 aromatic rings. The molecule has 0 aromatic carbocycles. The van der Waals surface area contributed by atoms with Crippen LogP contribution in [0.4, 0.5) is 0 Å². The molecule has 0 aliphatic heterocycles. The molecule has 0 unspecified atom stereocenters. The van der Waals surface area contributed by atoms with Crippen LogP contribution in [0.15, 0.2) is 0 Å². The van der Waals surface area contributed by atoms with Gasteiger partial charge in [-0.2, -0.15) is 0 Å². The highest BCUT2D eigenvalue weighted by Gasteiger charge is 2.24. The highest BCUT2D eigenvalue weighted by Crippen LogP contribution is 2.16. The van der Waals surface area contributed by atoms with E-state index in [9.17, 15) is 0 Å². The van der Waals surface area contributed by atoms with Crippen molar-refractivity contribution in [1.82, 2.24) is 0 Å². The summed E-state index contributed by atoms with van der Waals surface area (Å²) in [5, 5.41) is 0. The van der Waals surface area contributed by atoms with Crippen LogP contribution in [-0.4, -0.2) is 30.7 Å². The molecule has 0 aliphatic rings. The lowest BCUT2D eigenvalue weighted by Gasteiger charge is -2.39. The molecule has 0 fully saturated rings. The molecule has 0 bridgehead atoms. The molecule has 1 nitrogen and oxygen atoms in total. The zero-order chi connectivity index (χ0) is 13.0. The zero-order valence-electron chi connectivity index (χ0n) is 13.9. The molecular weight excluding hydrogens is 218 g/mol. The fourth-order valence-electron chi connectivity index (χ4n) is 2.64. The van der Waals surface area contributed by atoms with E-state index in [1.54, 1.807) is 0 Å². The number of nitrogens with zero attached hydrogens (tertiary/aromatic N) is 1. The lowest BCUT2D eigenvalue weighted by molar-refractivity contribution is -0.929. The van der Waals surface area contributed by atoms with Crippen molar-refractivity contribution in [1.29, 1.82) is 0 Å². The Balaban J connectivity index is 0. The average Bonchev–Trinajstić information content (AvgIpc) is 2.37. The number of rotatable bonds is 12. The van der Waals surface area contributed by atoms with Crippen molar-refractivity contribution in [3.8, 4) is 0 Å². The van der Waals surface area contributed by atoms with Crippen molar-refractivity contribution >= 4 is 0 Å². The van der Waals surface area contributed by atoms with Gasteiger partial charge in [-0.3, -0.25) is 0 Å². The van der Waals surface area contributed by atoms with Crippen LogP contribution in [0.2, 0.25) is 0 Å². The quantitative estimate of drug-likeness (QED) is 0.408. The highest BCUT2D eigenvalue weighted by molar-refractivity contribution is 4.49. The highest BCUT2D eigenvalue weighted by atomic mass is 15.3. The summed E-state index contributed by atoms with van der Waals surface area (Å²) in [6, 6.07) is 0. The summed E-state index contributed by atoms with van der Waals surface area (Å²) in [5.41, 5.74) is 0. The predicted molar refractivity (Wildman–Crippen MR) is 85.8 cm³/mol. The van der Waals surface area contributed by atoms with Crippen LogP contribution in [0.25, 0.3) is 0 Å². The van der Waals surface area contributed by atoms with E-state index >= 15 is 0 Å². The monoisotopic (exact) mass is 257 g/mol. The summed E-state index contributed by atoms with van der Waals surface area (Å²) in [6.07, 6.45) is 11.1. The zero-order valence-corrected chi connectivity index (χ0v) is 13.9. The maximum absolute atomic E-state index is 2.33. The van der Waals surface area contributed by atoms with Gasteiger partial charge in [-0.05, 0) is 25.7 Å². The maximum atomic E-state index is 2.33. The first-order valence-corrected chi connectivity index (χ1v) is 8.09.